The number of nitrogens with one attached hydrogen (secondary N) is 1. The number of benzene rings is 1. The van der Waals surface area contributed by atoms with Crippen molar-refractivity contribution in [1.29, 1.82) is 0 Å². The molecule has 1 saturated heterocycles. The Labute approximate surface area is 139 Å². The van der Waals surface area contributed by atoms with E-state index in [4.69, 9.17) is 4.42 Å². The Morgan fingerprint density at radius 1 is 1.04 bits per heavy atom. The van der Waals surface area contributed by atoms with Gasteiger partial charge in [0, 0.05) is 12.8 Å². The number of hydrogen-bond acceptors (Lipinski definition) is 5. The summed E-state index contributed by atoms with van der Waals surface area (Å²) in [7, 11) is -3.71. The van der Waals surface area contributed by atoms with Crippen LogP contribution in [0.3, 0.4) is 0 Å². The second-order valence-corrected chi connectivity index (χ2v) is 7.14. The molecule has 0 saturated carbocycles. The van der Waals surface area contributed by atoms with Crippen LogP contribution in [0.1, 0.15) is 25.0 Å². The van der Waals surface area contributed by atoms with Crippen LogP contribution in [0.25, 0.3) is 0 Å². The number of amides is 2. The predicted octanol–water partition coefficient (Wildman–Crippen LogP) is 1.80. The van der Waals surface area contributed by atoms with E-state index in [-0.39, 0.29) is 23.3 Å². The van der Waals surface area contributed by atoms with Crippen molar-refractivity contribution in [3.8, 4) is 0 Å². The smallest absolute Gasteiger partial charge is 0.240 e. The van der Waals surface area contributed by atoms with Gasteiger partial charge in [0.2, 0.25) is 21.8 Å². The van der Waals surface area contributed by atoms with E-state index in [0.29, 0.717) is 30.7 Å². The van der Waals surface area contributed by atoms with Gasteiger partial charge in [-0.3, -0.25) is 14.5 Å². The molecule has 1 N–H and O–H groups in total. The van der Waals surface area contributed by atoms with Gasteiger partial charge >= 0.3 is 0 Å². The van der Waals surface area contributed by atoms with Crippen LogP contribution in [0.15, 0.2) is 52.0 Å². The molecule has 2 heterocycles. The number of anilines is 1. The van der Waals surface area contributed by atoms with E-state index in [2.05, 4.69) is 4.72 Å². The van der Waals surface area contributed by atoms with Gasteiger partial charge in [-0.25, -0.2) is 13.1 Å². The Balaban J connectivity index is 1.76. The van der Waals surface area contributed by atoms with Gasteiger partial charge in [-0.05, 0) is 42.8 Å². The zero-order chi connectivity index (χ0) is 17.2. The van der Waals surface area contributed by atoms with Crippen LogP contribution in [0.4, 0.5) is 5.69 Å². The van der Waals surface area contributed by atoms with Crippen molar-refractivity contribution >= 4 is 27.5 Å². The van der Waals surface area contributed by atoms with Crippen molar-refractivity contribution in [2.45, 2.75) is 30.7 Å². The summed E-state index contributed by atoms with van der Waals surface area (Å²) in [6, 6.07) is 9.00. The summed E-state index contributed by atoms with van der Waals surface area (Å²) in [5, 5.41) is 0. The number of sulfonamides is 1. The van der Waals surface area contributed by atoms with Crippen LogP contribution >= 0.6 is 0 Å². The number of rotatable bonds is 5. The second-order valence-electron chi connectivity index (χ2n) is 5.37. The predicted molar refractivity (Wildman–Crippen MR) is 85.5 cm³/mol. The zero-order valence-electron chi connectivity index (χ0n) is 12.8. The first kappa shape index (κ1) is 16.4. The summed E-state index contributed by atoms with van der Waals surface area (Å²) in [6.45, 7) is 0.0418. The van der Waals surface area contributed by atoms with E-state index in [9.17, 15) is 18.0 Å². The van der Waals surface area contributed by atoms with Gasteiger partial charge in [-0.1, -0.05) is 0 Å². The van der Waals surface area contributed by atoms with Crippen molar-refractivity contribution in [3.63, 3.8) is 0 Å². The van der Waals surface area contributed by atoms with Gasteiger partial charge in [0.1, 0.15) is 5.76 Å². The summed E-state index contributed by atoms with van der Waals surface area (Å²) in [6.07, 6.45) is 2.65. The molecule has 0 bridgehead atoms. The monoisotopic (exact) mass is 348 g/mol. The van der Waals surface area contributed by atoms with Gasteiger partial charge in [0.15, 0.2) is 0 Å². The van der Waals surface area contributed by atoms with Crippen LogP contribution in [0.2, 0.25) is 0 Å². The summed E-state index contributed by atoms with van der Waals surface area (Å²) >= 11 is 0. The molecule has 0 aliphatic carbocycles. The maximum absolute atomic E-state index is 12.2. The molecule has 3 rings (SSSR count). The minimum atomic E-state index is -3.71. The second kappa shape index (κ2) is 6.58. The molecule has 0 radical (unpaired) electrons. The number of imide groups is 1. The van der Waals surface area contributed by atoms with E-state index in [1.165, 1.54) is 30.5 Å². The molecule has 24 heavy (non-hydrogen) atoms. The van der Waals surface area contributed by atoms with E-state index in [0.717, 1.165) is 4.90 Å². The van der Waals surface area contributed by atoms with Crippen LogP contribution in [0.5, 0.6) is 0 Å². The van der Waals surface area contributed by atoms with Crippen LogP contribution in [0, 0.1) is 0 Å². The van der Waals surface area contributed by atoms with E-state index in [1.54, 1.807) is 12.1 Å². The Kier molecular flexibility index (Phi) is 4.50. The SMILES string of the molecule is O=C1CCCC(=O)N1c1ccc(S(=O)(=O)NCc2ccco2)cc1. The molecule has 1 fully saturated rings. The average Bonchev–Trinajstić information content (AvgIpc) is 3.07. The molecule has 2 aromatic rings. The molecule has 7 nitrogen and oxygen atoms in total. The lowest BCUT2D eigenvalue weighted by Gasteiger charge is -2.24. The highest BCUT2D eigenvalue weighted by molar-refractivity contribution is 7.89. The maximum atomic E-state index is 12.2. The largest absolute Gasteiger partial charge is 0.468 e. The topological polar surface area (TPSA) is 96.7 Å². The molecule has 8 heteroatoms. The Morgan fingerprint density at radius 3 is 2.29 bits per heavy atom. The van der Waals surface area contributed by atoms with Gasteiger partial charge in [-0.15, -0.1) is 0 Å². The molecule has 0 atom stereocenters. The van der Waals surface area contributed by atoms with Gasteiger partial charge in [0.05, 0.1) is 23.4 Å². The Bertz CT molecular complexity index is 825. The van der Waals surface area contributed by atoms with E-state index < -0.39 is 10.0 Å². The fraction of sp³-hybridized carbons (Fsp3) is 0.250. The fourth-order valence-corrected chi connectivity index (χ4v) is 3.47. The van der Waals surface area contributed by atoms with Crippen molar-refractivity contribution in [3.05, 3.63) is 48.4 Å². The van der Waals surface area contributed by atoms with Gasteiger partial charge in [0.25, 0.3) is 0 Å². The van der Waals surface area contributed by atoms with Crippen molar-refractivity contribution in [1.82, 2.24) is 4.72 Å². The lowest BCUT2D eigenvalue weighted by Crippen LogP contribution is -2.40. The molecule has 126 valence electrons. The molecule has 1 aromatic carbocycles. The van der Waals surface area contributed by atoms with Crippen molar-refractivity contribution < 1.29 is 22.4 Å². The Hall–Kier alpha value is -2.45. The molecule has 0 unspecified atom stereocenters. The fourth-order valence-electron chi connectivity index (χ4n) is 2.48. The zero-order valence-corrected chi connectivity index (χ0v) is 13.6. The molecular weight excluding hydrogens is 332 g/mol. The highest BCUT2D eigenvalue weighted by Crippen LogP contribution is 2.23. The highest BCUT2D eigenvalue weighted by Gasteiger charge is 2.27. The summed E-state index contributed by atoms with van der Waals surface area (Å²) in [5.41, 5.74) is 0.384. The van der Waals surface area contributed by atoms with Gasteiger partial charge in [-0.2, -0.15) is 0 Å². The van der Waals surface area contributed by atoms with Crippen molar-refractivity contribution in [2.24, 2.45) is 0 Å². The van der Waals surface area contributed by atoms with E-state index in [1.807, 2.05) is 0 Å². The van der Waals surface area contributed by atoms with Gasteiger partial charge < -0.3 is 4.42 Å². The van der Waals surface area contributed by atoms with E-state index >= 15 is 0 Å². The molecule has 0 spiro atoms. The Morgan fingerprint density at radius 2 is 1.71 bits per heavy atom. The molecule has 1 aliphatic heterocycles. The number of hydrogen-bond donors (Lipinski definition) is 1. The standard InChI is InChI=1S/C16H16N2O5S/c19-15-4-1-5-16(20)18(15)12-6-8-14(9-7-12)24(21,22)17-11-13-3-2-10-23-13/h2-3,6-10,17H,1,4-5,11H2. The third-order valence-corrected chi connectivity index (χ3v) is 5.12. The lowest BCUT2D eigenvalue weighted by molar-refractivity contribution is -0.129. The van der Waals surface area contributed by atoms with Crippen LogP contribution in [-0.2, 0) is 26.2 Å². The summed E-state index contributed by atoms with van der Waals surface area (Å²) in [5.74, 6) is -0.0321. The third kappa shape index (κ3) is 3.39. The summed E-state index contributed by atoms with van der Waals surface area (Å²) in [4.78, 5) is 24.9. The first-order valence-corrected chi connectivity index (χ1v) is 8.93. The van der Waals surface area contributed by atoms with Crippen molar-refractivity contribution in [2.75, 3.05) is 4.90 Å². The average molecular weight is 348 g/mol. The number of piperidine rings is 1. The highest BCUT2D eigenvalue weighted by atomic mass is 32.2. The molecule has 1 aromatic heterocycles. The lowest BCUT2D eigenvalue weighted by atomic mass is 10.1. The maximum Gasteiger partial charge on any atom is 0.240 e. The number of furan rings is 1. The quantitative estimate of drug-likeness (QED) is 0.831. The van der Waals surface area contributed by atoms with Crippen LogP contribution < -0.4 is 9.62 Å². The van der Waals surface area contributed by atoms with Crippen LogP contribution in [-0.4, -0.2) is 20.2 Å². The first-order valence-electron chi connectivity index (χ1n) is 7.45. The number of carbonyl (C=O) groups is 2. The number of carbonyl (C=O) groups excluding carboxylic acids is 2. The minimum Gasteiger partial charge on any atom is -0.468 e. The molecular formula is C16H16N2O5S. The molecule has 1 aliphatic rings. The normalized spacial score (nSPS) is 15.8. The minimum absolute atomic E-state index is 0.0418. The third-order valence-electron chi connectivity index (χ3n) is 3.70. The first-order chi connectivity index (χ1) is 11.5. The number of nitrogens with zero attached hydrogens (tertiary/aromatic N) is 1. The summed E-state index contributed by atoms with van der Waals surface area (Å²) < 4.78 is 32.0. The molecule has 2 amide bonds.